The molecule has 0 saturated carbocycles. The maximum Gasteiger partial charge on any atom is 0.119 e. The molecule has 2 N–H and O–H groups in total. The van der Waals surface area contributed by atoms with Crippen molar-refractivity contribution >= 4 is 0 Å². The Balaban J connectivity index is 2.65. The summed E-state index contributed by atoms with van der Waals surface area (Å²) in [5.74, 6) is 0.865. The van der Waals surface area contributed by atoms with E-state index in [2.05, 4.69) is 31.9 Å². The van der Waals surface area contributed by atoms with Crippen LogP contribution in [0.15, 0.2) is 24.3 Å². The molecule has 2 atom stereocenters. The third kappa shape index (κ3) is 4.02. The first-order valence-corrected chi connectivity index (χ1v) is 6.18. The van der Waals surface area contributed by atoms with Gasteiger partial charge in [-0.3, -0.25) is 0 Å². The molecule has 1 aromatic carbocycles. The molecule has 1 aromatic rings. The van der Waals surface area contributed by atoms with E-state index in [1.54, 1.807) is 7.11 Å². The Kier molecular flexibility index (Phi) is 5.45. The van der Waals surface area contributed by atoms with Crippen molar-refractivity contribution in [3.8, 4) is 5.75 Å². The number of nitrogens with zero attached hydrogens (tertiary/aromatic N) is 1. The second kappa shape index (κ2) is 6.62. The molecule has 96 valence electrons. The highest BCUT2D eigenvalue weighted by atomic mass is 16.5. The van der Waals surface area contributed by atoms with Crippen molar-refractivity contribution in [1.82, 2.24) is 4.90 Å². The summed E-state index contributed by atoms with van der Waals surface area (Å²) in [4.78, 5) is 2.30. The highest BCUT2D eigenvalue weighted by Gasteiger charge is 2.13. The molecular formula is C14H24N2O. The normalized spacial score (nSPS) is 14.7. The first-order valence-electron chi connectivity index (χ1n) is 6.18. The molecule has 1 rings (SSSR count). The van der Waals surface area contributed by atoms with Gasteiger partial charge in [0.1, 0.15) is 5.75 Å². The molecule has 0 saturated heterocycles. The number of nitrogens with two attached hydrogens (primary N) is 1. The van der Waals surface area contributed by atoms with Crippen molar-refractivity contribution in [3.63, 3.8) is 0 Å². The minimum absolute atomic E-state index is 0.0316. The summed E-state index contributed by atoms with van der Waals surface area (Å²) >= 11 is 0. The highest BCUT2D eigenvalue weighted by Crippen LogP contribution is 2.18. The molecule has 0 bridgehead atoms. The average Bonchev–Trinajstić information content (AvgIpc) is 2.37. The van der Waals surface area contributed by atoms with E-state index in [0.29, 0.717) is 6.04 Å². The number of hydrogen-bond acceptors (Lipinski definition) is 3. The fourth-order valence-corrected chi connectivity index (χ4v) is 1.78. The van der Waals surface area contributed by atoms with Crippen LogP contribution in [0.1, 0.15) is 31.9 Å². The molecule has 0 aliphatic heterocycles. The molecule has 0 aromatic heterocycles. The zero-order chi connectivity index (χ0) is 12.8. The van der Waals surface area contributed by atoms with Gasteiger partial charge in [-0.15, -0.1) is 0 Å². The van der Waals surface area contributed by atoms with E-state index >= 15 is 0 Å². The quantitative estimate of drug-likeness (QED) is 0.824. The van der Waals surface area contributed by atoms with E-state index in [1.807, 2.05) is 18.2 Å². The van der Waals surface area contributed by atoms with Crippen molar-refractivity contribution in [2.75, 3.05) is 20.7 Å². The lowest BCUT2D eigenvalue weighted by Crippen LogP contribution is -2.35. The summed E-state index contributed by atoms with van der Waals surface area (Å²) in [6.07, 6.45) is 1.14. The molecule has 3 heteroatoms. The number of rotatable bonds is 6. The molecule has 0 amide bonds. The van der Waals surface area contributed by atoms with Crippen LogP contribution in [0.2, 0.25) is 0 Å². The number of benzene rings is 1. The fraction of sp³-hybridized carbons (Fsp3) is 0.571. The van der Waals surface area contributed by atoms with Gasteiger partial charge in [-0.1, -0.05) is 19.1 Å². The monoisotopic (exact) mass is 236 g/mol. The molecule has 0 heterocycles. The minimum atomic E-state index is 0.0316. The largest absolute Gasteiger partial charge is 0.497 e. The van der Waals surface area contributed by atoms with E-state index in [-0.39, 0.29) is 6.04 Å². The Hall–Kier alpha value is -1.06. The fourth-order valence-electron chi connectivity index (χ4n) is 1.78. The Morgan fingerprint density at radius 1 is 1.41 bits per heavy atom. The Morgan fingerprint density at radius 2 is 2.12 bits per heavy atom. The van der Waals surface area contributed by atoms with Gasteiger partial charge in [-0.2, -0.15) is 0 Å². The van der Waals surface area contributed by atoms with Gasteiger partial charge in [0.05, 0.1) is 7.11 Å². The number of likely N-dealkylation sites (N-methyl/N-ethyl adjacent to an activating group) is 1. The van der Waals surface area contributed by atoms with Crippen molar-refractivity contribution in [2.45, 2.75) is 32.4 Å². The third-order valence-corrected chi connectivity index (χ3v) is 3.35. The van der Waals surface area contributed by atoms with E-state index < -0.39 is 0 Å². The van der Waals surface area contributed by atoms with E-state index in [9.17, 15) is 0 Å². The molecule has 0 aliphatic carbocycles. The topological polar surface area (TPSA) is 38.5 Å². The van der Waals surface area contributed by atoms with E-state index in [4.69, 9.17) is 10.5 Å². The van der Waals surface area contributed by atoms with Gasteiger partial charge in [0.15, 0.2) is 0 Å². The van der Waals surface area contributed by atoms with Gasteiger partial charge < -0.3 is 15.4 Å². The first kappa shape index (κ1) is 14.0. The molecule has 17 heavy (non-hydrogen) atoms. The minimum Gasteiger partial charge on any atom is -0.497 e. The molecule has 0 aliphatic rings. The summed E-state index contributed by atoms with van der Waals surface area (Å²) in [6, 6.07) is 8.58. The van der Waals surface area contributed by atoms with Crippen molar-refractivity contribution in [2.24, 2.45) is 5.73 Å². The lowest BCUT2D eigenvalue weighted by molar-refractivity contribution is 0.237. The van der Waals surface area contributed by atoms with Crippen LogP contribution in [0.5, 0.6) is 5.75 Å². The Morgan fingerprint density at radius 3 is 2.71 bits per heavy atom. The zero-order valence-corrected chi connectivity index (χ0v) is 11.3. The molecule has 0 fully saturated rings. The van der Waals surface area contributed by atoms with Crippen LogP contribution in [-0.4, -0.2) is 31.6 Å². The summed E-state index contributed by atoms with van der Waals surface area (Å²) in [5.41, 5.74) is 7.34. The van der Waals surface area contributed by atoms with E-state index in [1.165, 1.54) is 0 Å². The maximum absolute atomic E-state index is 6.21. The molecule has 0 radical (unpaired) electrons. The van der Waals surface area contributed by atoms with Crippen molar-refractivity contribution in [3.05, 3.63) is 29.8 Å². The number of hydrogen-bond donors (Lipinski definition) is 1. The standard InChI is InChI=1S/C14H24N2O/c1-5-11(2)16(3)10-14(15)12-7-6-8-13(9-12)17-4/h6-9,11,14H,5,10,15H2,1-4H3. The molecular weight excluding hydrogens is 212 g/mol. The van der Waals surface area contributed by atoms with Crippen LogP contribution in [0.4, 0.5) is 0 Å². The average molecular weight is 236 g/mol. The predicted molar refractivity (Wildman–Crippen MR) is 72.3 cm³/mol. The summed E-state index contributed by atoms with van der Waals surface area (Å²) < 4.78 is 5.21. The number of ether oxygens (including phenoxy) is 1. The zero-order valence-electron chi connectivity index (χ0n) is 11.3. The Labute approximate surface area is 105 Å². The summed E-state index contributed by atoms with van der Waals surface area (Å²) in [5, 5.41) is 0. The Bertz CT molecular complexity index is 341. The van der Waals surface area contributed by atoms with Crippen molar-refractivity contribution < 1.29 is 4.74 Å². The van der Waals surface area contributed by atoms with Crippen LogP contribution < -0.4 is 10.5 Å². The highest BCUT2D eigenvalue weighted by molar-refractivity contribution is 5.30. The van der Waals surface area contributed by atoms with Gasteiger partial charge in [0.2, 0.25) is 0 Å². The molecule has 3 nitrogen and oxygen atoms in total. The second-order valence-corrected chi connectivity index (χ2v) is 4.58. The van der Waals surface area contributed by atoms with Gasteiger partial charge >= 0.3 is 0 Å². The molecule has 0 spiro atoms. The third-order valence-electron chi connectivity index (χ3n) is 3.35. The lowest BCUT2D eigenvalue weighted by Gasteiger charge is -2.26. The van der Waals surface area contributed by atoms with Crippen molar-refractivity contribution in [1.29, 1.82) is 0 Å². The second-order valence-electron chi connectivity index (χ2n) is 4.58. The summed E-state index contributed by atoms with van der Waals surface area (Å²) in [6.45, 7) is 5.28. The lowest BCUT2D eigenvalue weighted by atomic mass is 10.1. The predicted octanol–water partition coefficient (Wildman–Crippen LogP) is 2.43. The van der Waals surface area contributed by atoms with E-state index in [0.717, 1.165) is 24.3 Å². The van der Waals surface area contributed by atoms with Crippen LogP contribution in [0.25, 0.3) is 0 Å². The van der Waals surface area contributed by atoms with Crippen LogP contribution in [0, 0.1) is 0 Å². The first-order chi connectivity index (χ1) is 8.08. The molecule has 2 unspecified atom stereocenters. The van der Waals surface area contributed by atoms with Gasteiger partial charge in [0.25, 0.3) is 0 Å². The number of methoxy groups -OCH3 is 1. The smallest absolute Gasteiger partial charge is 0.119 e. The van der Waals surface area contributed by atoms with Gasteiger partial charge in [-0.25, -0.2) is 0 Å². The van der Waals surface area contributed by atoms with Crippen LogP contribution in [-0.2, 0) is 0 Å². The van der Waals surface area contributed by atoms with Gasteiger partial charge in [0, 0.05) is 18.6 Å². The summed E-state index contributed by atoms with van der Waals surface area (Å²) in [7, 11) is 3.80. The maximum atomic E-state index is 6.21. The SMILES string of the molecule is CCC(C)N(C)CC(N)c1cccc(OC)c1. The van der Waals surface area contributed by atoms with Gasteiger partial charge in [-0.05, 0) is 38.1 Å². The van der Waals surface area contributed by atoms with Crippen LogP contribution >= 0.6 is 0 Å². The van der Waals surface area contributed by atoms with Crippen LogP contribution in [0.3, 0.4) is 0 Å².